The third kappa shape index (κ3) is 3.88. The molecule has 1 fully saturated rings. The zero-order chi connectivity index (χ0) is 16.3. The largest absolute Gasteiger partial charge is 0.503 e. The molecule has 6 nitrogen and oxygen atoms in total. The molecular formula is C16H24N2O4. The number of carboxylic acids is 1. The molecule has 0 saturated carbocycles. The topological polar surface area (TPSA) is 82.8 Å². The Morgan fingerprint density at radius 1 is 1.32 bits per heavy atom. The van der Waals surface area contributed by atoms with Crippen LogP contribution < -0.4 is 5.43 Å². The van der Waals surface area contributed by atoms with Gasteiger partial charge < -0.3 is 14.8 Å². The number of likely N-dealkylation sites (tertiary alicyclic amines) is 1. The Labute approximate surface area is 130 Å². The first-order valence-electron chi connectivity index (χ1n) is 7.77. The quantitative estimate of drug-likeness (QED) is 0.837. The van der Waals surface area contributed by atoms with E-state index in [0.717, 1.165) is 25.9 Å². The summed E-state index contributed by atoms with van der Waals surface area (Å²) in [5.74, 6) is -1.15. The molecule has 1 aromatic heterocycles. The first-order valence-corrected chi connectivity index (χ1v) is 7.77. The number of carboxylic acid groups (broad SMARTS) is 1. The highest BCUT2D eigenvalue weighted by Gasteiger charge is 2.24. The summed E-state index contributed by atoms with van der Waals surface area (Å²) in [5, 5.41) is 19.2. The highest BCUT2D eigenvalue weighted by molar-refractivity contribution is 5.72. The predicted molar refractivity (Wildman–Crippen MR) is 83.0 cm³/mol. The lowest BCUT2D eigenvalue weighted by Crippen LogP contribution is -2.28. The maximum atomic E-state index is 11.8. The average Bonchev–Trinajstić information content (AvgIpc) is 2.92. The van der Waals surface area contributed by atoms with E-state index in [9.17, 15) is 19.8 Å². The van der Waals surface area contributed by atoms with Crippen molar-refractivity contribution in [3.05, 3.63) is 28.2 Å². The molecule has 0 aromatic carbocycles. The fourth-order valence-electron chi connectivity index (χ4n) is 2.95. The van der Waals surface area contributed by atoms with Gasteiger partial charge in [-0.1, -0.05) is 13.8 Å². The van der Waals surface area contributed by atoms with Gasteiger partial charge in [-0.15, -0.1) is 0 Å². The minimum absolute atomic E-state index is 0.197. The Hall–Kier alpha value is -1.82. The number of hydrogen-bond acceptors (Lipinski definition) is 4. The highest BCUT2D eigenvalue weighted by Crippen LogP contribution is 2.23. The molecule has 0 bridgehead atoms. The smallest absolute Gasteiger partial charge is 0.326 e. The molecule has 6 heteroatoms. The molecule has 0 spiro atoms. The van der Waals surface area contributed by atoms with E-state index in [4.69, 9.17) is 0 Å². The molecule has 0 radical (unpaired) electrons. The molecule has 2 heterocycles. The number of carbonyl (C=O) groups is 1. The van der Waals surface area contributed by atoms with Crippen molar-refractivity contribution in [1.29, 1.82) is 0 Å². The van der Waals surface area contributed by atoms with E-state index in [1.54, 1.807) is 4.57 Å². The van der Waals surface area contributed by atoms with Gasteiger partial charge in [-0.25, -0.2) is 4.79 Å². The van der Waals surface area contributed by atoms with Crippen molar-refractivity contribution >= 4 is 5.97 Å². The molecule has 1 aliphatic rings. The molecular weight excluding hydrogens is 284 g/mol. The van der Waals surface area contributed by atoms with Gasteiger partial charge in [0.05, 0.1) is 6.20 Å². The van der Waals surface area contributed by atoms with Crippen LogP contribution in [0.15, 0.2) is 17.1 Å². The minimum Gasteiger partial charge on any atom is -0.503 e. The van der Waals surface area contributed by atoms with Crippen molar-refractivity contribution in [3.8, 4) is 5.75 Å². The van der Waals surface area contributed by atoms with Gasteiger partial charge in [0.15, 0.2) is 5.75 Å². The molecule has 2 rings (SSSR count). The molecule has 0 amide bonds. The van der Waals surface area contributed by atoms with E-state index in [0.29, 0.717) is 18.7 Å². The Kier molecular flexibility index (Phi) is 5.24. The van der Waals surface area contributed by atoms with Crippen LogP contribution in [-0.4, -0.2) is 38.7 Å². The lowest BCUT2D eigenvalue weighted by molar-refractivity contribution is -0.141. The summed E-state index contributed by atoms with van der Waals surface area (Å²) in [6.07, 6.45) is 3.97. The van der Waals surface area contributed by atoms with Crippen LogP contribution in [0.1, 0.15) is 44.8 Å². The molecule has 1 saturated heterocycles. The van der Waals surface area contributed by atoms with Gasteiger partial charge in [0, 0.05) is 18.3 Å². The number of rotatable bonds is 6. The molecule has 1 aromatic rings. The summed E-state index contributed by atoms with van der Waals surface area (Å²) >= 11 is 0. The Morgan fingerprint density at radius 2 is 1.95 bits per heavy atom. The number of hydrogen-bond donors (Lipinski definition) is 2. The second-order valence-corrected chi connectivity index (χ2v) is 6.39. The zero-order valence-corrected chi connectivity index (χ0v) is 13.2. The zero-order valence-electron chi connectivity index (χ0n) is 13.2. The van der Waals surface area contributed by atoms with Crippen LogP contribution in [0, 0.1) is 5.92 Å². The first kappa shape index (κ1) is 16.5. The summed E-state index contributed by atoms with van der Waals surface area (Å²) in [7, 11) is 0. The lowest BCUT2D eigenvalue weighted by atomic mass is 10.0. The normalized spacial score (nSPS) is 17.0. The summed E-state index contributed by atoms with van der Waals surface area (Å²) in [6, 6.07) is 0.591. The highest BCUT2D eigenvalue weighted by atomic mass is 16.4. The number of aliphatic carboxylic acids is 1. The van der Waals surface area contributed by atoms with Gasteiger partial charge in [0.25, 0.3) is 0 Å². The maximum absolute atomic E-state index is 11.8. The summed E-state index contributed by atoms with van der Waals surface area (Å²) in [5.41, 5.74) is 0.192. The fourth-order valence-corrected chi connectivity index (χ4v) is 2.95. The van der Waals surface area contributed by atoms with Gasteiger partial charge in [0.1, 0.15) is 6.04 Å². The minimum atomic E-state index is -0.945. The molecule has 2 N–H and O–H groups in total. The molecule has 1 atom stereocenters. The Bertz CT molecular complexity index is 588. The maximum Gasteiger partial charge on any atom is 0.326 e. The first-order chi connectivity index (χ1) is 10.4. The summed E-state index contributed by atoms with van der Waals surface area (Å²) in [6.45, 7) is 6.36. The number of nitrogens with zero attached hydrogens (tertiary/aromatic N) is 2. The van der Waals surface area contributed by atoms with Crippen molar-refractivity contribution in [2.75, 3.05) is 13.1 Å². The van der Waals surface area contributed by atoms with E-state index in [2.05, 4.69) is 4.90 Å². The van der Waals surface area contributed by atoms with Gasteiger partial charge in [0.2, 0.25) is 5.43 Å². The van der Waals surface area contributed by atoms with Gasteiger partial charge in [-0.05, 0) is 38.3 Å². The molecule has 1 unspecified atom stereocenters. The van der Waals surface area contributed by atoms with Crippen molar-refractivity contribution < 1.29 is 15.0 Å². The van der Waals surface area contributed by atoms with E-state index < -0.39 is 23.2 Å². The van der Waals surface area contributed by atoms with Crippen molar-refractivity contribution in [2.24, 2.45) is 5.92 Å². The van der Waals surface area contributed by atoms with Crippen LogP contribution in [0.4, 0.5) is 0 Å². The third-order valence-electron chi connectivity index (χ3n) is 4.04. The Balaban J connectivity index is 2.39. The monoisotopic (exact) mass is 308 g/mol. The van der Waals surface area contributed by atoms with E-state index in [-0.39, 0.29) is 5.92 Å². The molecule has 122 valence electrons. The van der Waals surface area contributed by atoms with Crippen molar-refractivity contribution in [2.45, 2.75) is 45.7 Å². The average molecular weight is 308 g/mol. The summed E-state index contributed by atoms with van der Waals surface area (Å²) in [4.78, 5) is 25.6. The van der Waals surface area contributed by atoms with Crippen molar-refractivity contribution in [1.82, 2.24) is 9.47 Å². The Morgan fingerprint density at radius 3 is 2.50 bits per heavy atom. The van der Waals surface area contributed by atoms with Crippen molar-refractivity contribution in [3.63, 3.8) is 0 Å². The number of aromatic hydroxyl groups is 1. The van der Waals surface area contributed by atoms with Crippen LogP contribution >= 0.6 is 0 Å². The summed E-state index contributed by atoms with van der Waals surface area (Å²) < 4.78 is 1.55. The van der Waals surface area contributed by atoms with E-state index in [1.807, 2.05) is 13.8 Å². The second-order valence-electron chi connectivity index (χ2n) is 6.39. The van der Waals surface area contributed by atoms with Gasteiger partial charge in [-0.2, -0.15) is 0 Å². The number of aromatic nitrogens is 1. The van der Waals surface area contributed by atoms with E-state index >= 15 is 0 Å². The molecule has 22 heavy (non-hydrogen) atoms. The predicted octanol–water partition coefficient (Wildman–Crippen LogP) is 1.82. The van der Waals surface area contributed by atoms with Crippen LogP contribution in [0.5, 0.6) is 5.75 Å². The van der Waals surface area contributed by atoms with Crippen LogP contribution in [0.25, 0.3) is 0 Å². The van der Waals surface area contributed by atoms with Crippen LogP contribution in [0.2, 0.25) is 0 Å². The lowest BCUT2D eigenvalue weighted by Gasteiger charge is -2.24. The standard InChI is InChI=1S/C16H24N2O4/c1-11(2)7-13(16(21)22)18-10-15(20)14(19)8-12(18)9-17-5-3-4-6-17/h8,10-11,13,20H,3-7,9H2,1-2H3,(H,21,22). The number of pyridine rings is 1. The van der Waals surface area contributed by atoms with Crippen LogP contribution in [0.3, 0.4) is 0 Å². The second kappa shape index (κ2) is 6.96. The SMILES string of the molecule is CC(C)CC(C(=O)O)n1cc(O)c(=O)cc1CN1CCCC1. The van der Waals surface area contributed by atoms with Gasteiger partial charge in [-0.3, -0.25) is 9.69 Å². The fraction of sp³-hybridized carbons (Fsp3) is 0.625. The third-order valence-corrected chi connectivity index (χ3v) is 4.04. The van der Waals surface area contributed by atoms with E-state index in [1.165, 1.54) is 12.3 Å². The van der Waals surface area contributed by atoms with Gasteiger partial charge >= 0.3 is 5.97 Å². The molecule has 0 aliphatic carbocycles. The van der Waals surface area contributed by atoms with Crippen LogP contribution in [-0.2, 0) is 11.3 Å². The molecule has 1 aliphatic heterocycles.